The van der Waals surface area contributed by atoms with Gasteiger partial charge in [-0.15, -0.1) is 0 Å². The predicted octanol–water partition coefficient (Wildman–Crippen LogP) is 2.86. The minimum absolute atomic E-state index is 0.673. The molecule has 0 aliphatic carbocycles. The van der Waals surface area contributed by atoms with E-state index in [1.165, 1.54) is 0 Å². The third kappa shape index (κ3) is 1.76. The Balaban J connectivity index is 2.00. The molecule has 0 aliphatic rings. The van der Waals surface area contributed by atoms with Crippen LogP contribution in [0.25, 0.3) is 10.9 Å². The largest absolute Gasteiger partial charge is 0.361 e. The van der Waals surface area contributed by atoms with E-state index in [1.54, 1.807) is 0 Å². The second kappa shape index (κ2) is 4.04. The van der Waals surface area contributed by atoms with Gasteiger partial charge < -0.3 is 9.09 Å². The second-order valence-electron chi connectivity index (χ2n) is 4.26. The van der Waals surface area contributed by atoms with Gasteiger partial charge in [-0.3, -0.25) is 0 Å². The molecule has 0 aliphatic heterocycles. The van der Waals surface area contributed by atoms with Crippen molar-refractivity contribution in [3.05, 3.63) is 53.5 Å². The van der Waals surface area contributed by atoms with Crippen LogP contribution in [0.3, 0.4) is 0 Å². The van der Waals surface area contributed by atoms with Gasteiger partial charge >= 0.3 is 0 Å². The quantitative estimate of drug-likeness (QED) is 0.688. The zero-order valence-corrected chi connectivity index (χ0v) is 9.92. The Hall–Kier alpha value is -2.54. The molecule has 0 bridgehead atoms. The predicted molar refractivity (Wildman–Crippen MR) is 67.0 cm³/mol. The molecule has 0 unspecified atom stereocenters. The monoisotopic (exact) mass is 237 g/mol. The zero-order valence-electron chi connectivity index (χ0n) is 9.92. The summed E-state index contributed by atoms with van der Waals surface area (Å²) in [5.74, 6) is 0.813. The Bertz CT molecular complexity index is 746. The average molecular weight is 237 g/mol. The van der Waals surface area contributed by atoms with Crippen LogP contribution in [0.5, 0.6) is 0 Å². The van der Waals surface area contributed by atoms with Crippen molar-refractivity contribution in [2.75, 3.05) is 0 Å². The number of aryl methyl sites for hydroxylation is 1. The fourth-order valence-corrected chi connectivity index (χ4v) is 2.07. The van der Waals surface area contributed by atoms with Crippen molar-refractivity contribution in [3.8, 4) is 6.07 Å². The molecule has 2 heterocycles. The van der Waals surface area contributed by atoms with Crippen molar-refractivity contribution in [2.45, 2.75) is 13.5 Å². The van der Waals surface area contributed by atoms with E-state index in [0.717, 1.165) is 22.4 Å². The minimum atomic E-state index is 0.673. The Labute approximate surface area is 104 Å². The average Bonchev–Trinajstić information content (AvgIpc) is 2.96. The number of nitrogens with zero attached hydrogens (tertiary/aromatic N) is 3. The lowest BCUT2D eigenvalue weighted by molar-refractivity contribution is 0.389. The van der Waals surface area contributed by atoms with E-state index in [0.29, 0.717) is 12.1 Å². The molecule has 0 fully saturated rings. The van der Waals surface area contributed by atoms with E-state index in [1.807, 2.05) is 43.5 Å². The summed E-state index contributed by atoms with van der Waals surface area (Å²) >= 11 is 0. The molecule has 3 rings (SSSR count). The van der Waals surface area contributed by atoms with E-state index < -0.39 is 0 Å². The topological polar surface area (TPSA) is 54.8 Å². The van der Waals surface area contributed by atoms with Crippen molar-refractivity contribution in [3.63, 3.8) is 0 Å². The molecule has 0 radical (unpaired) electrons. The summed E-state index contributed by atoms with van der Waals surface area (Å²) in [7, 11) is 0. The molecule has 0 atom stereocenters. The maximum atomic E-state index is 8.86. The molecule has 3 aromatic rings. The van der Waals surface area contributed by atoms with Crippen LogP contribution >= 0.6 is 0 Å². The van der Waals surface area contributed by atoms with E-state index in [9.17, 15) is 0 Å². The van der Waals surface area contributed by atoms with Gasteiger partial charge in [0.25, 0.3) is 0 Å². The summed E-state index contributed by atoms with van der Waals surface area (Å²) in [6.07, 6.45) is 2.00. The lowest BCUT2D eigenvalue weighted by Gasteiger charge is -2.02. The molecule has 0 spiro atoms. The van der Waals surface area contributed by atoms with Gasteiger partial charge in [0.05, 0.1) is 18.2 Å². The van der Waals surface area contributed by atoms with Crippen molar-refractivity contribution in [1.29, 1.82) is 5.26 Å². The van der Waals surface area contributed by atoms with Crippen molar-refractivity contribution >= 4 is 10.9 Å². The maximum absolute atomic E-state index is 8.86. The number of nitriles is 1. The molecule has 88 valence electrons. The highest BCUT2D eigenvalue weighted by Gasteiger charge is 2.05. The van der Waals surface area contributed by atoms with Crippen LogP contribution in [0.4, 0.5) is 0 Å². The number of hydrogen-bond acceptors (Lipinski definition) is 3. The minimum Gasteiger partial charge on any atom is -0.361 e. The first-order chi connectivity index (χ1) is 8.76. The van der Waals surface area contributed by atoms with Gasteiger partial charge in [-0.2, -0.15) is 5.26 Å². The normalized spacial score (nSPS) is 10.7. The zero-order chi connectivity index (χ0) is 12.5. The van der Waals surface area contributed by atoms with Crippen LogP contribution in [-0.4, -0.2) is 9.72 Å². The highest BCUT2D eigenvalue weighted by Crippen LogP contribution is 2.18. The molecule has 1 aromatic carbocycles. The van der Waals surface area contributed by atoms with Crippen molar-refractivity contribution < 1.29 is 4.52 Å². The number of fused-ring (bicyclic) bond motifs is 1. The number of benzene rings is 1. The first-order valence-corrected chi connectivity index (χ1v) is 5.67. The third-order valence-electron chi connectivity index (χ3n) is 2.91. The summed E-state index contributed by atoms with van der Waals surface area (Å²) in [6.45, 7) is 2.55. The van der Waals surface area contributed by atoms with E-state index >= 15 is 0 Å². The molecule has 0 amide bonds. The van der Waals surface area contributed by atoms with E-state index in [2.05, 4.69) is 15.8 Å². The molecule has 4 nitrogen and oxygen atoms in total. The molecule has 0 saturated heterocycles. The Morgan fingerprint density at radius 2 is 2.22 bits per heavy atom. The fraction of sp³-hybridized carbons (Fsp3) is 0.143. The number of hydrogen-bond donors (Lipinski definition) is 0. The summed E-state index contributed by atoms with van der Waals surface area (Å²) in [4.78, 5) is 0. The van der Waals surface area contributed by atoms with Crippen LogP contribution in [0.15, 0.2) is 41.1 Å². The lowest BCUT2D eigenvalue weighted by atomic mass is 10.2. The molecule has 0 N–H and O–H groups in total. The maximum Gasteiger partial charge on any atom is 0.133 e. The van der Waals surface area contributed by atoms with Gasteiger partial charge in [0, 0.05) is 23.2 Å². The first-order valence-electron chi connectivity index (χ1n) is 5.67. The van der Waals surface area contributed by atoms with Crippen molar-refractivity contribution in [2.24, 2.45) is 0 Å². The number of rotatable bonds is 2. The summed E-state index contributed by atoms with van der Waals surface area (Å²) in [5, 5.41) is 13.9. The molecule has 18 heavy (non-hydrogen) atoms. The van der Waals surface area contributed by atoms with Crippen LogP contribution in [0.1, 0.15) is 17.0 Å². The Kier molecular flexibility index (Phi) is 2.38. The lowest BCUT2D eigenvalue weighted by Crippen LogP contribution is -1.97. The van der Waals surface area contributed by atoms with Crippen LogP contribution < -0.4 is 0 Å². The van der Waals surface area contributed by atoms with Gasteiger partial charge in [0.2, 0.25) is 0 Å². The van der Waals surface area contributed by atoms with Crippen LogP contribution in [0.2, 0.25) is 0 Å². The van der Waals surface area contributed by atoms with Gasteiger partial charge in [-0.05, 0) is 31.2 Å². The molecule has 2 aromatic heterocycles. The molecule has 0 saturated carbocycles. The second-order valence-corrected chi connectivity index (χ2v) is 4.26. The molecular weight excluding hydrogens is 226 g/mol. The third-order valence-corrected chi connectivity index (χ3v) is 2.91. The smallest absolute Gasteiger partial charge is 0.133 e. The van der Waals surface area contributed by atoms with Crippen molar-refractivity contribution in [1.82, 2.24) is 9.72 Å². The Morgan fingerprint density at radius 3 is 2.94 bits per heavy atom. The van der Waals surface area contributed by atoms with Gasteiger partial charge in [0.15, 0.2) is 0 Å². The number of aromatic nitrogens is 2. The van der Waals surface area contributed by atoms with E-state index in [4.69, 9.17) is 9.78 Å². The van der Waals surface area contributed by atoms with E-state index in [-0.39, 0.29) is 0 Å². The summed E-state index contributed by atoms with van der Waals surface area (Å²) in [6, 6.07) is 11.7. The SMILES string of the molecule is Cc1cc(Cn2ccc3cc(C#N)ccc32)no1. The first kappa shape index (κ1) is 10.6. The van der Waals surface area contributed by atoms with Gasteiger partial charge in [-0.1, -0.05) is 5.16 Å². The Morgan fingerprint density at radius 1 is 1.33 bits per heavy atom. The highest BCUT2D eigenvalue weighted by atomic mass is 16.5. The molecule has 4 heteroatoms. The van der Waals surface area contributed by atoms with Gasteiger partial charge in [-0.25, -0.2) is 0 Å². The van der Waals surface area contributed by atoms with Gasteiger partial charge in [0.1, 0.15) is 11.5 Å². The highest BCUT2D eigenvalue weighted by molar-refractivity contribution is 5.81. The van der Waals surface area contributed by atoms with Crippen LogP contribution in [0, 0.1) is 18.3 Å². The standard InChI is InChI=1S/C14H11N3O/c1-10-6-13(16-18-10)9-17-5-4-12-7-11(8-15)2-3-14(12)17/h2-7H,9H2,1H3. The fourth-order valence-electron chi connectivity index (χ4n) is 2.07. The van der Waals surface area contributed by atoms with Crippen LogP contribution in [-0.2, 0) is 6.54 Å². The summed E-state index contributed by atoms with van der Waals surface area (Å²) in [5.41, 5.74) is 2.67. The summed E-state index contributed by atoms with van der Waals surface area (Å²) < 4.78 is 7.15. The molecular formula is C14H11N3O.